The van der Waals surface area contributed by atoms with Crippen LogP contribution in [0.4, 0.5) is 0 Å². The second-order valence-corrected chi connectivity index (χ2v) is 3.87. The number of thiophene rings is 1. The van der Waals surface area contributed by atoms with E-state index in [9.17, 15) is 0 Å². The summed E-state index contributed by atoms with van der Waals surface area (Å²) in [5.41, 5.74) is 5.52. The summed E-state index contributed by atoms with van der Waals surface area (Å²) in [5.74, 6) is 0. The molecule has 0 aromatic carbocycles. The summed E-state index contributed by atoms with van der Waals surface area (Å²) in [7, 11) is 0. The molecule has 0 spiro atoms. The molecule has 0 unspecified atom stereocenters. The minimum absolute atomic E-state index is 0.986. The number of nitrogens with two attached hydrogens (primary N) is 1. The molecule has 1 rings (SSSR count). The molecule has 0 radical (unpaired) electrons. The molecule has 0 amide bonds. The predicted molar refractivity (Wildman–Crippen MR) is 52.3 cm³/mol. The Kier molecular flexibility index (Phi) is 74.7. The standard InChI is InChI=1S/C5H5NS.5CO.W/c6-4-5-2-1-3-7-5;5*1-2;/h1-3H,6H2;;;;;;. The van der Waals surface area contributed by atoms with Crippen molar-refractivity contribution in [2.45, 2.75) is 0 Å². The first-order valence-electron chi connectivity index (χ1n) is 3.16. The van der Waals surface area contributed by atoms with Crippen LogP contribution in [-0.2, 0) is 42.6 Å². The molecule has 1 aromatic rings. The van der Waals surface area contributed by atoms with Crippen LogP contribution in [0, 0.1) is 33.3 Å². The molecule has 2 N–H and O–H groups in total. The molecule has 0 aliphatic carbocycles. The van der Waals surface area contributed by atoms with Crippen molar-refractivity contribution in [3.63, 3.8) is 0 Å². The van der Waals surface area contributed by atoms with Gasteiger partial charge in [-0.05, 0) is 0 Å². The van der Waals surface area contributed by atoms with Gasteiger partial charge in [0.1, 0.15) is 0 Å². The normalized spacial score (nSPS) is 4.61. The monoisotopic (exact) mass is 435 g/mol. The summed E-state index contributed by atoms with van der Waals surface area (Å²) < 4.78 is 38.5. The average molecular weight is 435 g/mol. The Labute approximate surface area is 119 Å². The van der Waals surface area contributed by atoms with E-state index < -0.39 is 0 Å². The maximum absolute atomic E-state index is 7.50. The van der Waals surface area contributed by atoms with Gasteiger partial charge in [0.05, 0.1) is 0 Å². The van der Waals surface area contributed by atoms with Crippen LogP contribution in [0.25, 0.3) is 0 Å². The summed E-state index contributed by atoms with van der Waals surface area (Å²) in [4.78, 5) is 1.21. The van der Waals surface area contributed by atoms with E-state index in [1.165, 1.54) is 24.2 Å². The molecule has 1 heterocycles. The molecule has 92 valence electrons. The summed E-state index contributed by atoms with van der Waals surface area (Å²) in [6.45, 7) is 22.5. The average Bonchev–Trinajstić information content (AvgIpc) is 3.04. The van der Waals surface area contributed by atoms with Crippen molar-refractivity contribution in [2.75, 3.05) is 0 Å². The van der Waals surface area contributed by atoms with E-state index in [2.05, 4.69) is 33.3 Å². The predicted octanol–water partition coefficient (Wildman–Crippen LogP) is 0.544. The first kappa shape index (κ1) is 30.2. The Morgan fingerprint density at radius 1 is 0.944 bits per heavy atom. The fourth-order valence-corrected chi connectivity index (χ4v) is 1.76. The molecule has 0 fully saturated rings. The van der Waals surface area contributed by atoms with E-state index in [1.54, 1.807) is 11.3 Å². The molecule has 0 aliphatic heterocycles. The number of hydrogen-bond donors (Lipinski definition) is 1. The van der Waals surface area contributed by atoms with E-state index in [0.29, 0.717) is 0 Å². The van der Waals surface area contributed by atoms with Crippen molar-refractivity contribution in [2.24, 2.45) is 5.73 Å². The van der Waals surface area contributed by atoms with E-state index in [4.69, 9.17) is 29.0 Å². The fraction of sp³-hybridized carbons (Fsp3) is 0. The van der Waals surface area contributed by atoms with Crippen molar-refractivity contribution >= 4 is 15.4 Å². The molecule has 0 saturated heterocycles. The van der Waals surface area contributed by atoms with Gasteiger partial charge in [-0.15, -0.1) is 0 Å². The van der Waals surface area contributed by atoms with Gasteiger partial charge in [-0.3, -0.25) is 0 Å². The second-order valence-electron chi connectivity index (χ2n) is 1.34. The van der Waals surface area contributed by atoms with Gasteiger partial charge in [0, 0.05) is 0 Å². The Bertz CT molecular complexity index is 329. The molecule has 0 aliphatic rings. The first-order valence-corrected chi connectivity index (χ1v) is 5.50. The zero-order chi connectivity index (χ0) is 16.0. The topological polar surface area (TPSA) is 126 Å². The van der Waals surface area contributed by atoms with Gasteiger partial charge in [-0.2, -0.15) is 0 Å². The van der Waals surface area contributed by atoms with Crippen LogP contribution in [0.3, 0.4) is 0 Å². The molecule has 18 heavy (non-hydrogen) atoms. The van der Waals surface area contributed by atoms with Crippen molar-refractivity contribution in [1.82, 2.24) is 0 Å². The van der Waals surface area contributed by atoms with Crippen LogP contribution in [0.2, 0.25) is 0 Å². The Morgan fingerprint density at radius 3 is 1.39 bits per heavy atom. The Balaban J connectivity index is -0.0000000482. The third-order valence-electron chi connectivity index (χ3n) is 0.764. The molecule has 6 nitrogen and oxygen atoms in total. The van der Waals surface area contributed by atoms with Crippen molar-refractivity contribution in [3.8, 4) is 0 Å². The van der Waals surface area contributed by atoms with Gasteiger partial charge < -0.3 is 0 Å². The summed E-state index contributed by atoms with van der Waals surface area (Å²) in [5, 5.41) is 2.03. The van der Waals surface area contributed by atoms with Gasteiger partial charge in [0.15, 0.2) is 0 Å². The van der Waals surface area contributed by atoms with Crippen molar-refractivity contribution in [1.29, 1.82) is 0 Å². The zero-order valence-corrected chi connectivity index (χ0v) is 12.4. The molecule has 0 bridgehead atoms. The van der Waals surface area contributed by atoms with Gasteiger partial charge >= 0.3 is 119 Å². The SMILES string of the molecule is N[C](=[W])c1cccs1.[C-]#[O+].[C-]#[O+].[C-]#[O+].[C-]#[O+].[C-]#[O+]. The van der Waals surface area contributed by atoms with Crippen LogP contribution in [0.1, 0.15) is 4.88 Å². The molecule has 0 atom stereocenters. The van der Waals surface area contributed by atoms with Crippen molar-refractivity contribution < 1.29 is 42.6 Å². The summed E-state index contributed by atoms with van der Waals surface area (Å²) >= 11 is 3.04. The summed E-state index contributed by atoms with van der Waals surface area (Å²) in [6, 6.07) is 4.04. The quantitative estimate of drug-likeness (QED) is 0.502. The summed E-state index contributed by atoms with van der Waals surface area (Å²) in [6.07, 6.45) is 0. The number of hydrogen-bond acceptors (Lipinski definition) is 2. The molecule has 0 saturated carbocycles. The van der Waals surface area contributed by atoms with E-state index in [1.807, 2.05) is 17.5 Å². The van der Waals surface area contributed by atoms with Crippen molar-refractivity contribution in [3.05, 3.63) is 55.6 Å². The van der Waals surface area contributed by atoms with E-state index in [0.717, 1.165) is 4.02 Å². The third kappa shape index (κ3) is 29.4. The van der Waals surface area contributed by atoms with Gasteiger partial charge in [0.2, 0.25) is 0 Å². The third-order valence-corrected chi connectivity index (χ3v) is 2.97. The molecular weight excluding hydrogens is 430 g/mol. The van der Waals surface area contributed by atoms with Crippen LogP contribution >= 0.6 is 11.3 Å². The van der Waals surface area contributed by atoms with Crippen LogP contribution < -0.4 is 5.73 Å². The second kappa shape index (κ2) is 44.5. The van der Waals surface area contributed by atoms with Gasteiger partial charge in [-0.1, -0.05) is 0 Å². The van der Waals surface area contributed by atoms with Crippen LogP contribution in [0.15, 0.2) is 17.5 Å². The maximum atomic E-state index is 7.50. The Morgan fingerprint density at radius 2 is 1.28 bits per heavy atom. The van der Waals surface area contributed by atoms with E-state index >= 15 is 0 Å². The molecule has 8 heteroatoms. The zero-order valence-electron chi connectivity index (χ0n) is 8.67. The van der Waals surface area contributed by atoms with Gasteiger partial charge in [-0.25, -0.2) is 0 Å². The Hall–Kier alpha value is -1.08. The minimum atomic E-state index is 0.986. The van der Waals surface area contributed by atoms with E-state index in [-0.39, 0.29) is 0 Å². The first-order chi connectivity index (χ1) is 8.80. The van der Waals surface area contributed by atoms with Crippen LogP contribution in [0.5, 0.6) is 0 Å². The van der Waals surface area contributed by atoms with Gasteiger partial charge in [0.25, 0.3) is 0 Å². The fourth-order valence-electron chi connectivity index (χ4n) is 0.419. The molecule has 1 aromatic heterocycles. The molecular formula is C10H5NO5SW. The van der Waals surface area contributed by atoms with Crippen LogP contribution in [-0.4, -0.2) is 4.02 Å². The number of rotatable bonds is 1.